The second-order valence-corrected chi connectivity index (χ2v) is 3.62. The van der Waals surface area contributed by atoms with Crippen molar-refractivity contribution in [2.24, 2.45) is 0 Å². The smallest absolute Gasteiger partial charge is 0.361 e. The Morgan fingerprint density at radius 1 is 1.22 bits per heavy atom. The minimum atomic E-state index is -5.01. The fraction of sp³-hybridized carbons (Fsp3) is 0.0833. The number of hydrogen-bond donors (Lipinski definition) is 1. The molecular weight excluding hydrogens is 250 g/mol. The number of benzene rings is 1. The molecule has 0 aliphatic rings. The number of carbonyl (C=O) groups excluding carboxylic acids is 1. The predicted molar refractivity (Wildman–Crippen MR) is 58.4 cm³/mol. The average Bonchev–Trinajstić information content (AvgIpc) is 2.67. The van der Waals surface area contributed by atoms with Gasteiger partial charge in [-0.15, -0.1) is 0 Å². The minimum Gasteiger partial charge on any atom is -0.361 e. The number of para-hydroxylation sites is 1. The van der Waals surface area contributed by atoms with Crippen molar-refractivity contribution >= 4 is 23.0 Å². The normalized spacial score (nSPS) is 13.0. The third-order valence-electron chi connectivity index (χ3n) is 2.44. The summed E-state index contributed by atoms with van der Waals surface area (Å²) in [5.41, 5.74) is -1.09. The highest BCUT2D eigenvalue weighted by Crippen LogP contribution is 2.30. The molecule has 94 valence electrons. The SMILES string of the molecule is O=C(F)C(=Cc1c[nH]c2ccccc12)C(F)(F)F. The molecule has 0 aliphatic carbocycles. The molecule has 0 radical (unpaired) electrons. The zero-order chi connectivity index (χ0) is 13.3. The molecule has 1 N–H and O–H groups in total. The predicted octanol–water partition coefficient (Wildman–Crippen LogP) is 3.61. The molecule has 0 aliphatic heterocycles. The van der Waals surface area contributed by atoms with Crippen molar-refractivity contribution in [2.45, 2.75) is 6.18 Å². The molecule has 2 nitrogen and oxygen atoms in total. The molecule has 0 unspecified atom stereocenters. The van der Waals surface area contributed by atoms with E-state index >= 15 is 0 Å². The summed E-state index contributed by atoms with van der Waals surface area (Å²) in [6.45, 7) is 0. The average molecular weight is 257 g/mol. The number of aromatic amines is 1. The molecule has 18 heavy (non-hydrogen) atoms. The van der Waals surface area contributed by atoms with E-state index < -0.39 is 17.8 Å². The summed E-state index contributed by atoms with van der Waals surface area (Å²) in [7, 11) is 0. The minimum absolute atomic E-state index is 0.115. The molecule has 1 aromatic heterocycles. The molecule has 1 heterocycles. The Labute approximate surface area is 98.9 Å². The Morgan fingerprint density at radius 2 is 1.89 bits per heavy atom. The number of hydrogen-bond acceptors (Lipinski definition) is 1. The summed E-state index contributed by atoms with van der Waals surface area (Å²) in [5, 5.41) is 0.487. The van der Waals surface area contributed by atoms with Gasteiger partial charge in [0.1, 0.15) is 5.57 Å². The summed E-state index contributed by atoms with van der Waals surface area (Å²) >= 11 is 0. The molecule has 0 saturated carbocycles. The fourth-order valence-corrected chi connectivity index (χ4v) is 1.62. The molecule has 0 spiro atoms. The molecule has 0 fully saturated rings. The highest BCUT2D eigenvalue weighted by molar-refractivity contribution is 5.98. The standard InChI is InChI=1S/C12H7F4NO/c13-11(18)9(12(14,15)16)5-7-6-17-10-4-2-1-3-8(7)10/h1-6,17H. The number of halogens is 4. The summed E-state index contributed by atoms with van der Waals surface area (Å²) in [6, 6.07) is 4.09. The number of nitrogens with one attached hydrogen (secondary N) is 1. The molecular formula is C12H7F4NO. The maximum absolute atomic E-state index is 12.4. The highest BCUT2D eigenvalue weighted by atomic mass is 19.4. The molecule has 1 aromatic carbocycles. The Hall–Kier alpha value is -2.11. The van der Waals surface area contributed by atoms with Crippen molar-refractivity contribution in [1.29, 1.82) is 0 Å². The first-order chi connectivity index (χ1) is 8.39. The lowest BCUT2D eigenvalue weighted by Crippen LogP contribution is -2.16. The molecule has 0 amide bonds. The van der Waals surface area contributed by atoms with Gasteiger partial charge < -0.3 is 4.98 Å². The molecule has 0 bridgehead atoms. The zero-order valence-electron chi connectivity index (χ0n) is 8.88. The Bertz CT molecular complexity index is 624. The van der Waals surface area contributed by atoms with Crippen molar-refractivity contribution in [2.75, 3.05) is 0 Å². The van der Waals surface area contributed by atoms with E-state index in [1.165, 1.54) is 6.20 Å². The van der Waals surface area contributed by atoms with E-state index in [1.807, 2.05) is 0 Å². The van der Waals surface area contributed by atoms with Gasteiger partial charge in [0.15, 0.2) is 0 Å². The van der Waals surface area contributed by atoms with E-state index in [9.17, 15) is 22.4 Å². The fourth-order valence-electron chi connectivity index (χ4n) is 1.62. The second-order valence-electron chi connectivity index (χ2n) is 3.62. The van der Waals surface area contributed by atoms with E-state index in [0.29, 0.717) is 17.0 Å². The van der Waals surface area contributed by atoms with Crippen LogP contribution < -0.4 is 0 Å². The Kier molecular flexibility index (Phi) is 2.94. The van der Waals surface area contributed by atoms with Gasteiger partial charge in [0.2, 0.25) is 0 Å². The maximum Gasteiger partial charge on any atom is 0.422 e. The zero-order valence-corrected chi connectivity index (χ0v) is 8.88. The van der Waals surface area contributed by atoms with Crippen LogP contribution in [0.5, 0.6) is 0 Å². The third-order valence-corrected chi connectivity index (χ3v) is 2.44. The van der Waals surface area contributed by atoms with Gasteiger partial charge in [0.25, 0.3) is 0 Å². The van der Waals surface area contributed by atoms with Gasteiger partial charge in [-0.1, -0.05) is 18.2 Å². The number of allylic oxidation sites excluding steroid dienone is 1. The van der Waals surface area contributed by atoms with Gasteiger partial charge in [-0.2, -0.15) is 17.6 Å². The molecule has 2 aromatic rings. The van der Waals surface area contributed by atoms with E-state index in [4.69, 9.17) is 0 Å². The summed E-state index contributed by atoms with van der Waals surface area (Å²) < 4.78 is 49.7. The van der Waals surface area contributed by atoms with Crippen molar-refractivity contribution in [3.8, 4) is 0 Å². The number of alkyl halides is 3. The van der Waals surface area contributed by atoms with Crippen LogP contribution in [0.4, 0.5) is 17.6 Å². The van der Waals surface area contributed by atoms with Crippen molar-refractivity contribution in [3.05, 3.63) is 41.6 Å². The Morgan fingerprint density at radius 3 is 2.50 bits per heavy atom. The first-order valence-electron chi connectivity index (χ1n) is 4.94. The van der Waals surface area contributed by atoms with E-state index in [-0.39, 0.29) is 5.56 Å². The van der Waals surface area contributed by atoms with Crippen molar-refractivity contribution in [3.63, 3.8) is 0 Å². The monoisotopic (exact) mass is 257 g/mol. The number of fused-ring (bicyclic) bond motifs is 1. The van der Waals surface area contributed by atoms with Crippen LogP contribution in [0.15, 0.2) is 36.0 Å². The van der Waals surface area contributed by atoms with Crippen LogP contribution in [0.2, 0.25) is 0 Å². The molecule has 6 heteroatoms. The number of H-pyrrole nitrogens is 1. The van der Waals surface area contributed by atoms with Crippen LogP contribution in [-0.2, 0) is 4.79 Å². The van der Waals surface area contributed by atoms with Crippen LogP contribution in [0.3, 0.4) is 0 Å². The number of carbonyl (C=O) groups is 1. The first-order valence-corrected chi connectivity index (χ1v) is 4.94. The topological polar surface area (TPSA) is 32.9 Å². The van der Waals surface area contributed by atoms with E-state index in [0.717, 1.165) is 0 Å². The highest BCUT2D eigenvalue weighted by Gasteiger charge is 2.39. The van der Waals surface area contributed by atoms with E-state index in [2.05, 4.69) is 4.98 Å². The molecule has 2 rings (SSSR count). The van der Waals surface area contributed by atoms with Crippen LogP contribution in [0.25, 0.3) is 17.0 Å². The second kappa shape index (κ2) is 4.29. The van der Waals surface area contributed by atoms with Crippen molar-refractivity contribution < 1.29 is 22.4 Å². The number of rotatable bonds is 2. The summed E-state index contributed by atoms with van der Waals surface area (Å²) in [4.78, 5) is 13.1. The lowest BCUT2D eigenvalue weighted by molar-refractivity contribution is -0.137. The van der Waals surface area contributed by atoms with Gasteiger partial charge in [-0.3, -0.25) is 4.79 Å². The van der Waals surface area contributed by atoms with Gasteiger partial charge in [-0.05, 0) is 12.1 Å². The summed E-state index contributed by atoms with van der Waals surface area (Å²) in [5.74, 6) is 0. The summed E-state index contributed by atoms with van der Waals surface area (Å²) in [6.07, 6.45) is -3.22. The third kappa shape index (κ3) is 2.27. The number of aromatic nitrogens is 1. The van der Waals surface area contributed by atoms with Crippen LogP contribution >= 0.6 is 0 Å². The van der Waals surface area contributed by atoms with Crippen LogP contribution in [0.1, 0.15) is 5.56 Å². The maximum atomic E-state index is 12.4. The van der Waals surface area contributed by atoms with Crippen molar-refractivity contribution in [1.82, 2.24) is 4.98 Å². The van der Waals surface area contributed by atoms with Gasteiger partial charge >= 0.3 is 12.2 Å². The lowest BCUT2D eigenvalue weighted by atomic mass is 10.1. The molecule has 0 atom stereocenters. The van der Waals surface area contributed by atoms with Gasteiger partial charge in [0, 0.05) is 22.7 Å². The van der Waals surface area contributed by atoms with Gasteiger partial charge in [-0.25, -0.2) is 0 Å². The molecule has 0 saturated heterocycles. The largest absolute Gasteiger partial charge is 0.422 e. The van der Waals surface area contributed by atoms with Crippen LogP contribution in [0, 0.1) is 0 Å². The first kappa shape index (κ1) is 12.3. The lowest BCUT2D eigenvalue weighted by Gasteiger charge is -2.05. The van der Waals surface area contributed by atoms with Crippen LogP contribution in [-0.4, -0.2) is 17.2 Å². The van der Waals surface area contributed by atoms with E-state index in [1.54, 1.807) is 24.3 Å². The van der Waals surface area contributed by atoms with Gasteiger partial charge in [0.05, 0.1) is 0 Å². The quantitative estimate of drug-likeness (QED) is 0.497. The Balaban J connectivity index is 2.57.